The third kappa shape index (κ3) is 6.77. The number of carbonyl (C=O) groups is 3. The number of Topliss-reactive ketones (excluding diaryl/α,β-unsaturated/α-hetero) is 1. The van der Waals surface area contributed by atoms with Gasteiger partial charge in [0.25, 0.3) is 0 Å². The molecule has 6 nitrogen and oxygen atoms in total. The maximum Gasteiger partial charge on any atom is 0.319 e. The monoisotopic (exact) mass is 387 g/mol. The first-order valence-electron chi connectivity index (χ1n) is 7.17. The highest BCUT2D eigenvalue weighted by molar-refractivity contribution is 9.10. The van der Waals surface area contributed by atoms with Crippen molar-refractivity contribution in [1.29, 1.82) is 0 Å². The molecular formula is C15H19BrFN3O3. The molecule has 1 aromatic rings. The third-order valence-electron chi connectivity index (χ3n) is 3.07. The van der Waals surface area contributed by atoms with Crippen molar-refractivity contribution in [2.75, 3.05) is 5.32 Å². The van der Waals surface area contributed by atoms with Crippen molar-refractivity contribution in [2.45, 2.75) is 38.6 Å². The van der Waals surface area contributed by atoms with E-state index >= 15 is 0 Å². The lowest BCUT2D eigenvalue weighted by atomic mass is 10.0. The first kappa shape index (κ1) is 19.1. The van der Waals surface area contributed by atoms with E-state index in [0.29, 0.717) is 17.3 Å². The van der Waals surface area contributed by atoms with Gasteiger partial charge in [-0.15, -0.1) is 0 Å². The predicted molar refractivity (Wildman–Crippen MR) is 88.4 cm³/mol. The molecule has 0 bridgehead atoms. The summed E-state index contributed by atoms with van der Waals surface area (Å²) in [5, 5.41) is 4.86. The second kappa shape index (κ2) is 9.24. The molecule has 3 amide bonds. The third-order valence-corrected chi connectivity index (χ3v) is 3.56. The van der Waals surface area contributed by atoms with Gasteiger partial charge in [0, 0.05) is 17.3 Å². The number of primary amides is 1. The van der Waals surface area contributed by atoms with Crippen LogP contribution >= 0.6 is 15.9 Å². The van der Waals surface area contributed by atoms with Crippen molar-refractivity contribution >= 4 is 39.3 Å². The molecule has 0 saturated carbocycles. The number of benzene rings is 1. The van der Waals surface area contributed by atoms with Crippen molar-refractivity contribution in [2.24, 2.45) is 5.73 Å². The van der Waals surface area contributed by atoms with Gasteiger partial charge in [-0.2, -0.15) is 0 Å². The molecule has 0 unspecified atom stereocenters. The van der Waals surface area contributed by atoms with Crippen LogP contribution in [0.2, 0.25) is 0 Å². The van der Waals surface area contributed by atoms with Gasteiger partial charge in [0.05, 0.1) is 11.7 Å². The number of hydrogen-bond acceptors (Lipinski definition) is 3. The number of urea groups is 1. The van der Waals surface area contributed by atoms with E-state index in [2.05, 4.69) is 26.6 Å². The van der Waals surface area contributed by atoms with Gasteiger partial charge in [0.15, 0.2) is 5.78 Å². The molecule has 8 heteroatoms. The van der Waals surface area contributed by atoms with Gasteiger partial charge < -0.3 is 16.4 Å². The van der Waals surface area contributed by atoms with Crippen molar-refractivity contribution in [3.05, 3.63) is 28.5 Å². The Kier molecular flexibility index (Phi) is 7.67. The highest BCUT2D eigenvalue weighted by atomic mass is 79.9. The van der Waals surface area contributed by atoms with E-state index in [1.165, 1.54) is 12.1 Å². The summed E-state index contributed by atoms with van der Waals surface area (Å²) in [7, 11) is 0. The number of hydrogen-bond donors (Lipinski definition) is 3. The summed E-state index contributed by atoms with van der Waals surface area (Å²) in [5.41, 5.74) is 5.02. The smallest absolute Gasteiger partial charge is 0.319 e. The largest absolute Gasteiger partial charge is 0.370 e. The predicted octanol–water partition coefficient (Wildman–Crippen LogP) is 2.71. The fourth-order valence-electron chi connectivity index (χ4n) is 1.93. The molecule has 1 atom stereocenters. The quantitative estimate of drug-likeness (QED) is 0.638. The molecule has 0 saturated heterocycles. The van der Waals surface area contributed by atoms with Crippen LogP contribution in [0.1, 0.15) is 32.6 Å². The molecule has 1 rings (SSSR count). The van der Waals surface area contributed by atoms with Crippen LogP contribution in [0.5, 0.6) is 0 Å². The molecule has 1 aromatic carbocycles. The standard InChI is InChI=1S/C15H19BrFN3O3/c1-2-3-12(13(21)6-7-14(18)22)20-15(23)19-11-5-4-9(16)8-10(11)17/h4-5,8,12H,2-3,6-7H2,1H3,(H2,18,22)(H2,19,20,23)/t12-/m0/s1. The number of halogens is 2. The average molecular weight is 388 g/mol. The Morgan fingerprint density at radius 2 is 2.00 bits per heavy atom. The van der Waals surface area contributed by atoms with Gasteiger partial charge >= 0.3 is 6.03 Å². The second-order valence-electron chi connectivity index (χ2n) is 5.00. The fraction of sp³-hybridized carbons (Fsp3) is 0.400. The normalized spacial score (nSPS) is 11.6. The van der Waals surface area contributed by atoms with Crippen molar-refractivity contribution in [1.82, 2.24) is 5.32 Å². The molecule has 0 aromatic heterocycles. The second-order valence-corrected chi connectivity index (χ2v) is 5.91. The number of amides is 3. The van der Waals surface area contributed by atoms with E-state index < -0.39 is 23.8 Å². The first-order valence-corrected chi connectivity index (χ1v) is 7.96. The molecule has 0 heterocycles. The zero-order chi connectivity index (χ0) is 17.4. The summed E-state index contributed by atoms with van der Waals surface area (Å²) < 4.78 is 14.2. The van der Waals surface area contributed by atoms with Crippen LogP contribution in [0.25, 0.3) is 0 Å². The Morgan fingerprint density at radius 1 is 1.30 bits per heavy atom. The number of carbonyl (C=O) groups excluding carboxylic acids is 3. The SMILES string of the molecule is CCC[C@H](NC(=O)Nc1ccc(Br)cc1F)C(=O)CCC(N)=O. The molecule has 0 aliphatic heterocycles. The average Bonchev–Trinajstić information content (AvgIpc) is 2.47. The summed E-state index contributed by atoms with van der Waals surface area (Å²) in [6, 6.07) is 2.79. The maximum atomic E-state index is 13.7. The Balaban J connectivity index is 2.66. The van der Waals surface area contributed by atoms with E-state index in [1.54, 1.807) is 6.07 Å². The Bertz CT molecular complexity index is 595. The van der Waals surface area contributed by atoms with E-state index in [0.717, 1.165) is 0 Å². The van der Waals surface area contributed by atoms with E-state index in [-0.39, 0.29) is 24.3 Å². The van der Waals surface area contributed by atoms with Crippen LogP contribution in [0.3, 0.4) is 0 Å². The highest BCUT2D eigenvalue weighted by Crippen LogP contribution is 2.19. The summed E-state index contributed by atoms with van der Waals surface area (Å²) in [6.07, 6.45) is 0.990. The fourth-order valence-corrected chi connectivity index (χ4v) is 2.26. The van der Waals surface area contributed by atoms with Gasteiger partial charge in [0.2, 0.25) is 5.91 Å². The van der Waals surface area contributed by atoms with Crippen LogP contribution in [0.4, 0.5) is 14.9 Å². The van der Waals surface area contributed by atoms with E-state index in [4.69, 9.17) is 5.73 Å². The van der Waals surface area contributed by atoms with Crippen molar-refractivity contribution in [3.63, 3.8) is 0 Å². The Hall–Kier alpha value is -1.96. The number of ketones is 1. The zero-order valence-electron chi connectivity index (χ0n) is 12.7. The van der Waals surface area contributed by atoms with Crippen LogP contribution in [0.15, 0.2) is 22.7 Å². The first-order chi connectivity index (χ1) is 10.8. The molecule has 23 heavy (non-hydrogen) atoms. The van der Waals surface area contributed by atoms with Gasteiger partial charge in [0.1, 0.15) is 5.82 Å². The molecule has 0 aliphatic carbocycles. The number of nitrogens with one attached hydrogen (secondary N) is 2. The minimum Gasteiger partial charge on any atom is -0.370 e. The van der Waals surface area contributed by atoms with Gasteiger partial charge in [-0.05, 0) is 24.6 Å². The minimum absolute atomic E-state index is 0.00512. The lowest BCUT2D eigenvalue weighted by molar-refractivity contribution is -0.124. The summed E-state index contributed by atoms with van der Waals surface area (Å²) in [5.74, 6) is -1.45. The molecule has 4 N–H and O–H groups in total. The molecule has 0 radical (unpaired) electrons. The van der Waals surface area contributed by atoms with Crippen LogP contribution in [-0.4, -0.2) is 23.8 Å². The summed E-state index contributed by atoms with van der Waals surface area (Å²) >= 11 is 3.12. The molecule has 0 fully saturated rings. The molecule has 0 spiro atoms. The summed E-state index contributed by atoms with van der Waals surface area (Å²) in [6.45, 7) is 1.86. The number of nitrogens with two attached hydrogens (primary N) is 1. The highest BCUT2D eigenvalue weighted by Gasteiger charge is 2.20. The van der Waals surface area contributed by atoms with Crippen molar-refractivity contribution in [3.8, 4) is 0 Å². The lowest BCUT2D eigenvalue weighted by Gasteiger charge is -2.17. The Morgan fingerprint density at radius 3 is 2.57 bits per heavy atom. The van der Waals surface area contributed by atoms with Crippen molar-refractivity contribution < 1.29 is 18.8 Å². The molecular weight excluding hydrogens is 369 g/mol. The molecule has 126 valence electrons. The maximum absolute atomic E-state index is 13.7. The van der Waals surface area contributed by atoms with Gasteiger partial charge in [-0.3, -0.25) is 9.59 Å². The van der Waals surface area contributed by atoms with E-state index in [1.807, 2.05) is 6.92 Å². The molecule has 0 aliphatic rings. The Labute approximate surface area is 142 Å². The topological polar surface area (TPSA) is 101 Å². The van der Waals surface area contributed by atoms with Gasteiger partial charge in [-0.25, -0.2) is 9.18 Å². The zero-order valence-corrected chi connectivity index (χ0v) is 14.3. The van der Waals surface area contributed by atoms with Crippen LogP contribution in [0, 0.1) is 5.82 Å². The number of rotatable bonds is 8. The lowest BCUT2D eigenvalue weighted by Crippen LogP contribution is -2.43. The van der Waals surface area contributed by atoms with E-state index in [9.17, 15) is 18.8 Å². The van der Waals surface area contributed by atoms with Crippen LogP contribution in [-0.2, 0) is 9.59 Å². The summed E-state index contributed by atoms with van der Waals surface area (Å²) in [4.78, 5) is 34.7. The van der Waals surface area contributed by atoms with Crippen LogP contribution < -0.4 is 16.4 Å². The number of anilines is 1. The van der Waals surface area contributed by atoms with Gasteiger partial charge in [-0.1, -0.05) is 29.3 Å². The minimum atomic E-state index is -0.738.